The van der Waals surface area contributed by atoms with Crippen molar-refractivity contribution in [2.75, 3.05) is 6.54 Å². The maximum atomic E-state index is 11.8. The molecule has 1 aliphatic rings. The highest BCUT2D eigenvalue weighted by atomic mass is 79.9. The van der Waals surface area contributed by atoms with Gasteiger partial charge in [0.15, 0.2) is 0 Å². The van der Waals surface area contributed by atoms with E-state index in [1.165, 1.54) is 0 Å². The molecule has 0 spiro atoms. The summed E-state index contributed by atoms with van der Waals surface area (Å²) in [7, 11) is 0. The Kier molecular flexibility index (Phi) is 6.30. The van der Waals surface area contributed by atoms with Gasteiger partial charge < -0.3 is 10.6 Å². The normalized spacial score (nSPS) is 12.9. The molecule has 1 aromatic carbocycles. The lowest BCUT2D eigenvalue weighted by Crippen LogP contribution is -2.49. The van der Waals surface area contributed by atoms with Crippen molar-refractivity contribution < 1.29 is 19.2 Å². The van der Waals surface area contributed by atoms with E-state index in [-0.39, 0.29) is 24.9 Å². The van der Waals surface area contributed by atoms with Gasteiger partial charge in [-0.05, 0) is 37.1 Å². The zero-order chi connectivity index (χ0) is 17.5. The van der Waals surface area contributed by atoms with Gasteiger partial charge in [0.05, 0.1) is 0 Å². The molecule has 9 heteroatoms. The minimum Gasteiger partial charge on any atom is -0.352 e. The predicted molar refractivity (Wildman–Crippen MR) is 88.5 cm³/mol. The lowest BCUT2D eigenvalue weighted by molar-refractivity contribution is -0.141. The number of benzene rings is 1. The number of carbonyl (C=O) groups is 4. The third kappa shape index (κ3) is 5.99. The second-order valence-electron chi connectivity index (χ2n) is 5.26. The largest absolute Gasteiger partial charge is 0.352 e. The van der Waals surface area contributed by atoms with Gasteiger partial charge in [-0.25, -0.2) is 0 Å². The number of hydrogen-bond acceptors (Lipinski definition) is 4. The molecule has 24 heavy (non-hydrogen) atoms. The molecule has 4 amide bonds. The number of rotatable bonds is 5. The highest BCUT2D eigenvalue weighted by Gasteiger charge is 2.26. The van der Waals surface area contributed by atoms with Crippen molar-refractivity contribution in [3.63, 3.8) is 0 Å². The minimum atomic E-state index is -0.922. The number of amides is 4. The van der Waals surface area contributed by atoms with Crippen molar-refractivity contribution in [2.45, 2.75) is 25.3 Å². The zero-order valence-electron chi connectivity index (χ0n) is 12.7. The summed E-state index contributed by atoms with van der Waals surface area (Å²) in [5.41, 5.74) is 4.62. The molecule has 8 nitrogen and oxygen atoms in total. The van der Waals surface area contributed by atoms with E-state index in [1.54, 1.807) is 24.3 Å². The summed E-state index contributed by atoms with van der Waals surface area (Å²) in [5.74, 6) is -2.52. The van der Waals surface area contributed by atoms with E-state index in [0.29, 0.717) is 5.56 Å². The third-order valence-corrected chi connectivity index (χ3v) is 3.71. The Balaban J connectivity index is 1.62. The molecule has 2 rings (SSSR count). The van der Waals surface area contributed by atoms with E-state index in [4.69, 9.17) is 0 Å². The van der Waals surface area contributed by atoms with Crippen molar-refractivity contribution in [3.8, 4) is 0 Å². The third-order valence-electron chi connectivity index (χ3n) is 3.18. The first kappa shape index (κ1) is 17.9. The molecule has 1 aliphatic carbocycles. The predicted octanol–water partition coefficient (Wildman–Crippen LogP) is -0.00500. The van der Waals surface area contributed by atoms with Crippen LogP contribution in [0.4, 0.5) is 0 Å². The number of hydrazine groups is 1. The first-order chi connectivity index (χ1) is 11.5. The Hall–Kier alpha value is -2.42. The minimum absolute atomic E-state index is 0.0349. The zero-order valence-corrected chi connectivity index (χ0v) is 14.3. The van der Waals surface area contributed by atoms with Crippen LogP contribution in [0.1, 0.15) is 29.6 Å². The Morgan fingerprint density at radius 1 is 1.00 bits per heavy atom. The molecule has 4 N–H and O–H groups in total. The van der Waals surface area contributed by atoms with Gasteiger partial charge in [-0.3, -0.25) is 30.0 Å². The summed E-state index contributed by atoms with van der Waals surface area (Å²) in [6.45, 7) is 0.102. The van der Waals surface area contributed by atoms with Crippen LogP contribution in [0.15, 0.2) is 28.7 Å². The van der Waals surface area contributed by atoms with Crippen LogP contribution in [0.25, 0.3) is 0 Å². The van der Waals surface area contributed by atoms with E-state index in [9.17, 15) is 19.2 Å². The summed E-state index contributed by atoms with van der Waals surface area (Å²) >= 11 is 3.27. The summed E-state index contributed by atoms with van der Waals surface area (Å²) in [5, 5.41) is 5.08. The lowest BCUT2D eigenvalue weighted by atomic mass is 10.2. The number of hydrogen-bond donors (Lipinski definition) is 4. The standard InChI is InChI=1S/C15H17BrN4O4/c16-10-3-1-9(2-4-10)13(22)17-8-7-12(21)19-20-15(24)14(23)18-11-5-6-11/h1-4,11H,5-8H2,(H,17,22)(H,18,23)(H,19,21)(H,20,24). The fourth-order valence-electron chi connectivity index (χ4n) is 1.72. The van der Waals surface area contributed by atoms with Crippen LogP contribution in [0, 0.1) is 0 Å². The van der Waals surface area contributed by atoms with Gasteiger partial charge in [0.2, 0.25) is 5.91 Å². The van der Waals surface area contributed by atoms with Crippen molar-refractivity contribution in [2.24, 2.45) is 0 Å². The first-order valence-corrected chi connectivity index (χ1v) is 8.18. The molecule has 0 aromatic heterocycles. The SMILES string of the molecule is O=C(CCNC(=O)c1ccc(Br)cc1)NNC(=O)C(=O)NC1CC1. The molecule has 0 heterocycles. The van der Waals surface area contributed by atoms with Crippen LogP contribution < -0.4 is 21.5 Å². The second-order valence-corrected chi connectivity index (χ2v) is 6.18. The van der Waals surface area contributed by atoms with Crippen LogP contribution in [0.2, 0.25) is 0 Å². The van der Waals surface area contributed by atoms with E-state index in [0.717, 1.165) is 17.3 Å². The maximum absolute atomic E-state index is 11.8. The van der Waals surface area contributed by atoms with Crippen LogP contribution in [-0.2, 0) is 14.4 Å². The fraction of sp³-hybridized carbons (Fsp3) is 0.333. The number of carbonyl (C=O) groups excluding carboxylic acids is 4. The van der Waals surface area contributed by atoms with Crippen molar-refractivity contribution >= 4 is 39.6 Å². The molecule has 0 atom stereocenters. The summed E-state index contributed by atoms with van der Waals surface area (Å²) in [6, 6.07) is 6.84. The van der Waals surface area contributed by atoms with Gasteiger partial charge in [0, 0.05) is 29.0 Å². The molecule has 0 radical (unpaired) electrons. The van der Waals surface area contributed by atoms with Gasteiger partial charge in [-0.1, -0.05) is 15.9 Å². The molecule has 128 valence electrons. The smallest absolute Gasteiger partial charge is 0.327 e. The van der Waals surface area contributed by atoms with E-state index >= 15 is 0 Å². The van der Waals surface area contributed by atoms with Gasteiger partial charge >= 0.3 is 11.8 Å². The van der Waals surface area contributed by atoms with Crippen molar-refractivity contribution in [3.05, 3.63) is 34.3 Å². The average Bonchev–Trinajstić information content (AvgIpc) is 3.37. The van der Waals surface area contributed by atoms with Crippen molar-refractivity contribution in [1.29, 1.82) is 0 Å². The number of nitrogens with one attached hydrogen (secondary N) is 4. The topological polar surface area (TPSA) is 116 Å². The van der Waals surface area contributed by atoms with Crippen LogP contribution in [0.5, 0.6) is 0 Å². The van der Waals surface area contributed by atoms with Crippen LogP contribution >= 0.6 is 15.9 Å². The molecule has 1 fully saturated rings. The highest BCUT2D eigenvalue weighted by Crippen LogP contribution is 2.18. The molecule has 0 saturated heterocycles. The maximum Gasteiger partial charge on any atom is 0.327 e. The quantitative estimate of drug-likeness (QED) is 0.413. The van der Waals surface area contributed by atoms with Gasteiger partial charge in [0.25, 0.3) is 5.91 Å². The number of halogens is 1. The molecular weight excluding hydrogens is 380 g/mol. The highest BCUT2D eigenvalue weighted by molar-refractivity contribution is 9.10. The molecule has 1 aromatic rings. The Morgan fingerprint density at radius 3 is 2.29 bits per heavy atom. The summed E-state index contributed by atoms with van der Waals surface area (Å²) in [4.78, 5) is 46.1. The van der Waals surface area contributed by atoms with Gasteiger partial charge in [-0.15, -0.1) is 0 Å². The van der Waals surface area contributed by atoms with Crippen LogP contribution in [0.3, 0.4) is 0 Å². The molecule has 1 saturated carbocycles. The molecule has 0 bridgehead atoms. The van der Waals surface area contributed by atoms with E-state index in [2.05, 4.69) is 32.0 Å². The average molecular weight is 397 g/mol. The van der Waals surface area contributed by atoms with Crippen LogP contribution in [-0.4, -0.2) is 36.2 Å². The van der Waals surface area contributed by atoms with E-state index in [1.807, 2.05) is 5.43 Å². The monoisotopic (exact) mass is 396 g/mol. The Labute approximate surface area is 146 Å². The van der Waals surface area contributed by atoms with E-state index < -0.39 is 17.7 Å². The molecule has 0 unspecified atom stereocenters. The second kappa shape index (κ2) is 8.44. The molecule has 0 aliphatic heterocycles. The fourth-order valence-corrected chi connectivity index (χ4v) is 1.98. The Morgan fingerprint density at radius 2 is 1.67 bits per heavy atom. The molecular formula is C15H17BrN4O4. The lowest BCUT2D eigenvalue weighted by Gasteiger charge is -2.08. The summed E-state index contributed by atoms with van der Waals surface area (Å²) in [6.07, 6.45) is 1.69. The van der Waals surface area contributed by atoms with Gasteiger partial charge in [0.1, 0.15) is 0 Å². The Bertz CT molecular complexity index is 643. The van der Waals surface area contributed by atoms with Gasteiger partial charge in [-0.2, -0.15) is 0 Å². The first-order valence-electron chi connectivity index (χ1n) is 7.39. The van der Waals surface area contributed by atoms with Crippen molar-refractivity contribution in [1.82, 2.24) is 21.5 Å². The summed E-state index contributed by atoms with van der Waals surface area (Å²) < 4.78 is 0.861.